The van der Waals surface area contributed by atoms with Gasteiger partial charge in [0.1, 0.15) is 5.15 Å². The second-order valence-corrected chi connectivity index (χ2v) is 4.21. The first kappa shape index (κ1) is 9.29. The molecule has 70 valence electrons. The Hall–Kier alpha value is -0.270. The van der Waals surface area contributed by atoms with Crippen LogP contribution in [0, 0.1) is 0 Å². The van der Waals surface area contributed by atoms with Gasteiger partial charge in [0.25, 0.3) is 0 Å². The number of aryl methyl sites for hydroxylation is 1. The van der Waals surface area contributed by atoms with Crippen LogP contribution in [0.5, 0.6) is 0 Å². The average Bonchev–Trinajstić information content (AvgIpc) is 2.28. The summed E-state index contributed by atoms with van der Waals surface area (Å²) < 4.78 is 0. The van der Waals surface area contributed by atoms with Gasteiger partial charge in [0.05, 0.1) is 0 Å². The zero-order chi connectivity index (χ0) is 9.26. The molecule has 1 aliphatic rings. The summed E-state index contributed by atoms with van der Waals surface area (Å²) in [6.45, 7) is 0. The third kappa shape index (κ3) is 1.97. The van der Waals surface area contributed by atoms with Crippen molar-refractivity contribution < 1.29 is 0 Å². The van der Waals surface area contributed by atoms with Gasteiger partial charge in [-0.05, 0) is 37.3 Å². The first-order valence-corrected chi connectivity index (χ1v) is 5.37. The molecule has 0 N–H and O–H groups in total. The number of aromatic nitrogens is 1. The van der Waals surface area contributed by atoms with E-state index in [1.165, 1.54) is 24.8 Å². The van der Waals surface area contributed by atoms with Crippen molar-refractivity contribution in [3.63, 3.8) is 0 Å². The van der Waals surface area contributed by atoms with Crippen LogP contribution in [0.4, 0.5) is 0 Å². The third-order valence-electron chi connectivity index (χ3n) is 2.46. The summed E-state index contributed by atoms with van der Waals surface area (Å²) in [6.07, 6.45) is 5.77. The summed E-state index contributed by atoms with van der Waals surface area (Å²) >= 11 is 11.9. The van der Waals surface area contributed by atoms with Crippen molar-refractivity contribution in [2.24, 2.45) is 0 Å². The van der Waals surface area contributed by atoms with E-state index in [2.05, 4.69) is 4.98 Å². The van der Waals surface area contributed by atoms with Gasteiger partial charge >= 0.3 is 0 Å². The summed E-state index contributed by atoms with van der Waals surface area (Å²) in [4.78, 5) is 4.32. The van der Waals surface area contributed by atoms with E-state index in [9.17, 15) is 0 Å². The molecule has 0 unspecified atom stereocenters. The molecule has 0 saturated heterocycles. The van der Waals surface area contributed by atoms with Crippen LogP contribution in [-0.2, 0) is 12.8 Å². The standard InChI is InChI=1S/C10H11Cl2N/c11-8-6-10(12)13-9-5-3-1-2-4-7(8)9/h6H,1-5H2. The van der Waals surface area contributed by atoms with E-state index in [-0.39, 0.29) is 0 Å². The number of nitrogens with zero attached hydrogens (tertiary/aromatic N) is 1. The molecular weight excluding hydrogens is 205 g/mol. The van der Waals surface area contributed by atoms with E-state index in [1.54, 1.807) is 6.07 Å². The molecule has 0 radical (unpaired) electrons. The molecule has 0 saturated carbocycles. The van der Waals surface area contributed by atoms with Gasteiger partial charge in [-0.3, -0.25) is 0 Å². The Morgan fingerprint density at radius 1 is 1.08 bits per heavy atom. The van der Waals surface area contributed by atoms with Crippen LogP contribution >= 0.6 is 23.2 Å². The highest BCUT2D eigenvalue weighted by atomic mass is 35.5. The summed E-state index contributed by atoms with van der Waals surface area (Å²) in [5.74, 6) is 0. The molecule has 1 aromatic heterocycles. The molecule has 0 aliphatic heterocycles. The molecule has 0 amide bonds. The topological polar surface area (TPSA) is 12.9 Å². The van der Waals surface area contributed by atoms with Crippen molar-refractivity contribution in [3.05, 3.63) is 27.5 Å². The van der Waals surface area contributed by atoms with Crippen molar-refractivity contribution in [1.82, 2.24) is 4.98 Å². The lowest BCUT2D eigenvalue weighted by Gasteiger charge is -2.06. The number of hydrogen-bond acceptors (Lipinski definition) is 1. The number of rotatable bonds is 0. The van der Waals surface area contributed by atoms with Crippen molar-refractivity contribution in [2.75, 3.05) is 0 Å². The van der Waals surface area contributed by atoms with Crippen LogP contribution in [0.15, 0.2) is 6.07 Å². The maximum Gasteiger partial charge on any atom is 0.130 e. The van der Waals surface area contributed by atoms with Crippen LogP contribution in [0.25, 0.3) is 0 Å². The minimum atomic E-state index is 0.519. The van der Waals surface area contributed by atoms with Gasteiger partial charge < -0.3 is 0 Å². The molecule has 13 heavy (non-hydrogen) atoms. The fraction of sp³-hybridized carbons (Fsp3) is 0.500. The molecule has 0 aromatic carbocycles. The van der Waals surface area contributed by atoms with E-state index in [1.807, 2.05) is 0 Å². The number of hydrogen-bond donors (Lipinski definition) is 0. The molecule has 1 aromatic rings. The molecule has 1 aliphatic carbocycles. The first-order chi connectivity index (χ1) is 6.27. The van der Waals surface area contributed by atoms with Gasteiger partial charge in [-0.25, -0.2) is 4.98 Å². The maximum atomic E-state index is 6.10. The highest BCUT2D eigenvalue weighted by Gasteiger charge is 2.13. The van der Waals surface area contributed by atoms with E-state index in [0.717, 1.165) is 23.6 Å². The van der Waals surface area contributed by atoms with Gasteiger partial charge in [0, 0.05) is 10.7 Å². The predicted octanol–water partition coefficient (Wildman–Crippen LogP) is 3.66. The van der Waals surface area contributed by atoms with Gasteiger partial charge in [-0.1, -0.05) is 29.6 Å². The Balaban J connectivity index is 2.47. The monoisotopic (exact) mass is 215 g/mol. The van der Waals surface area contributed by atoms with Crippen molar-refractivity contribution in [3.8, 4) is 0 Å². The van der Waals surface area contributed by atoms with Gasteiger partial charge in [0.2, 0.25) is 0 Å². The number of pyridine rings is 1. The van der Waals surface area contributed by atoms with E-state index in [0.29, 0.717) is 5.15 Å². The van der Waals surface area contributed by atoms with Crippen LogP contribution in [0.1, 0.15) is 30.5 Å². The van der Waals surface area contributed by atoms with Crippen molar-refractivity contribution in [1.29, 1.82) is 0 Å². The Labute approximate surface area is 88.1 Å². The van der Waals surface area contributed by atoms with Crippen molar-refractivity contribution >= 4 is 23.2 Å². The SMILES string of the molecule is Clc1cc(Cl)c2c(n1)CCCCC2. The molecule has 0 spiro atoms. The normalized spacial score (nSPS) is 16.5. The predicted molar refractivity (Wildman–Crippen MR) is 55.5 cm³/mol. The van der Waals surface area contributed by atoms with Gasteiger partial charge in [-0.2, -0.15) is 0 Å². The zero-order valence-corrected chi connectivity index (χ0v) is 8.83. The lowest BCUT2D eigenvalue weighted by molar-refractivity contribution is 0.708. The molecule has 1 heterocycles. The first-order valence-electron chi connectivity index (χ1n) is 4.61. The van der Waals surface area contributed by atoms with Crippen LogP contribution in [0.2, 0.25) is 10.2 Å². The maximum absolute atomic E-state index is 6.10. The van der Waals surface area contributed by atoms with Crippen LogP contribution in [0.3, 0.4) is 0 Å². The summed E-state index contributed by atoms with van der Waals surface area (Å²) in [7, 11) is 0. The average molecular weight is 216 g/mol. The Bertz CT molecular complexity index is 323. The summed E-state index contributed by atoms with van der Waals surface area (Å²) in [6, 6.07) is 1.74. The van der Waals surface area contributed by atoms with Crippen LogP contribution in [-0.4, -0.2) is 4.98 Å². The molecule has 0 fully saturated rings. The lowest BCUT2D eigenvalue weighted by atomic mass is 10.1. The summed E-state index contributed by atoms with van der Waals surface area (Å²) in [5.41, 5.74) is 2.32. The fourth-order valence-corrected chi connectivity index (χ4v) is 2.37. The molecular formula is C10H11Cl2N. The summed E-state index contributed by atoms with van der Waals surface area (Å²) in [5, 5.41) is 1.31. The highest BCUT2D eigenvalue weighted by Crippen LogP contribution is 2.27. The van der Waals surface area contributed by atoms with Gasteiger partial charge in [-0.15, -0.1) is 0 Å². The number of halogens is 2. The smallest absolute Gasteiger partial charge is 0.130 e. The molecule has 0 bridgehead atoms. The molecule has 3 heteroatoms. The van der Waals surface area contributed by atoms with E-state index >= 15 is 0 Å². The second kappa shape index (κ2) is 3.85. The van der Waals surface area contributed by atoms with Crippen LogP contribution < -0.4 is 0 Å². The second-order valence-electron chi connectivity index (χ2n) is 3.41. The molecule has 1 nitrogen and oxygen atoms in total. The Morgan fingerprint density at radius 3 is 2.69 bits per heavy atom. The number of fused-ring (bicyclic) bond motifs is 1. The fourth-order valence-electron chi connectivity index (χ4n) is 1.80. The minimum absolute atomic E-state index is 0.519. The highest BCUT2D eigenvalue weighted by molar-refractivity contribution is 6.34. The quantitative estimate of drug-likeness (QED) is 0.476. The third-order valence-corrected chi connectivity index (χ3v) is 3.00. The van der Waals surface area contributed by atoms with E-state index < -0.39 is 0 Å². The molecule has 0 atom stereocenters. The lowest BCUT2D eigenvalue weighted by Crippen LogP contribution is -1.96. The van der Waals surface area contributed by atoms with Crippen molar-refractivity contribution in [2.45, 2.75) is 32.1 Å². The minimum Gasteiger partial charge on any atom is -0.241 e. The Kier molecular flexibility index (Phi) is 2.75. The largest absolute Gasteiger partial charge is 0.241 e. The molecule has 2 rings (SSSR count). The van der Waals surface area contributed by atoms with E-state index in [4.69, 9.17) is 23.2 Å². The zero-order valence-electron chi connectivity index (χ0n) is 7.32. The van der Waals surface area contributed by atoms with Gasteiger partial charge in [0.15, 0.2) is 0 Å². The Morgan fingerprint density at radius 2 is 1.85 bits per heavy atom.